The summed E-state index contributed by atoms with van der Waals surface area (Å²) in [6, 6.07) is 8.46. The van der Waals surface area contributed by atoms with Gasteiger partial charge in [0.2, 0.25) is 0 Å². The molecule has 1 aromatic heterocycles. The molecule has 0 spiro atoms. The molecule has 1 aromatic carbocycles. The number of rotatable bonds is 3. The summed E-state index contributed by atoms with van der Waals surface area (Å²) in [5.74, 6) is 0.375. The van der Waals surface area contributed by atoms with Gasteiger partial charge in [-0.2, -0.15) is 0 Å². The Bertz CT molecular complexity index is 567. The Kier molecular flexibility index (Phi) is 2.88. The summed E-state index contributed by atoms with van der Waals surface area (Å²) in [5.41, 5.74) is 0.851. The van der Waals surface area contributed by atoms with Gasteiger partial charge in [-0.25, -0.2) is 4.39 Å². The van der Waals surface area contributed by atoms with Crippen LogP contribution in [0.3, 0.4) is 0 Å². The molecule has 3 rings (SSSR count). The van der Waals surface area contributed by atoms with Gasteiger partial charge in [0.15, 0.2) is 0 Å². The minimum absolute atomic E-state index is 0.350. The summed E-state index contributed by atoms with van der Waals surface area (Å²) in [6.45, 7) is 0. The Hall–Kier alpha value is -1.68. The van der Waals surface area contributed by atoms with E-state index in [1.54, 1.807) is 18.2 Å². The van der Waals surface area contributed by atoms with Crippen molar-refractivity contribution in [2.75, 3.05) is 5.32 Å². The van der Waals surface area contributed by atoms with Gasteiger partial charge in [0.25, 0.3) is 0 Å². The van der Waals surface area contributed by atoms with Crippen LogP contribution in [0, 0.1) is 5.82 Å². The van der Waals surface area contributed by atoms with E-state index in [4.69, 9.17) is 11.6 Å². The summed E-state index contributed by atoms with van der Waals surface area (Å²) < 4.78 is 13.6. The molecule has 0 radical (unpaired) electrons. The van der Waals surface area contributed by atoms with Crippen LogP contribution >= 0.6 is 11.6 Å². The molecule has 1 aliphatic carbocycles. The smallest absolute Gasteiger partial charge is 0.148 e. The summed E-state index contributed by atoms with van der Waals surface area (Å²) in [7, 11) is 0. The fourth-order valence-corrected chi connectivity index (χ4v) is 1.86. The first-order valence-electron chi connectivity index (χ1n) is 5.78. The van der Waals surface area contributed by atoms with E-state index in [2.05, 4.69) is 15.5 Å². The average molecular weight is 264 g/mol. The molecule has 0 aliphatic heterocycles. The van der Waals surface area contributed by atoms with Gasteiger partial charge < -0.3 is 5.32 Å². The quantitative estimate of drug-likeness (QED) is 0.921. The third-order valence-electron chi connectivity index (χ3n) is 2.80. The van der Waals surface area contributed by atoms with Crippen molar-refractivity contribution >= 4 is 17.4 Å². The number of aromatic nitrogens is 2. The molecule has 2 aromatic rings. The zero-order valence-corrected chi connectivity index (χ0v) is 10.3. The highest BCUT2D eigenvalue weighted by Crippen LogP contribution is 2.26. The van der Waals surface area contributed by atoms with E-state index >= 15 is 0 Å². The number of benzene rings is 1. The number of hydrogen-bond donors (Lipinski definition) is 1. The first-order valence-corrected chi connectivity index (χ1v) is 6.16. The number of anilines is 1. The second-order valence-electron chi connectivity index (χ2n) is 4.35. The molecule has 1 aliphatic rings. The monoisotopic (exact) mass is 263 g/mol. The first-order chi connectivity index (χ1) is 8.72. The van der Waals surface area contributed by atoms with Gasteiger partial charge in [-0.1, -0.05) is 11.6 Å². The van der Waals surface area contributed by atoms with Crippen LogP contribution in [0.25, 0.3) is 11.3 Å². The van der Waals surface area contributed by atoms with Gasteiger partial charge in [-0.15, -0.1) is 10.2 Å². The van der Waals surface area contributed by atoms with E-state index in [0.717, 1.165) is 5.82 Å². The average Bonchev–Trinajstić information content (AvgIpc) is 3.17. The van der Waals surface area contributed by atoms with Crippen LogP contribution in [0.1, 0.15) is 12.8 Å². The third-order valence-corrected chi connectivity index (χ3v) is 3.03. The molecule has 3 nitrogen and oxygen atoms in total. The van der Waals surface area contributed by atoms with Crippen molar-refractivity contribution in [3.63, 3.8) is 0 Å². The minimum atomic E-state index is -0.350. The second-order valence-corrected chi connectivity index (χ2v) is 4.78. The maximum atomic E-state index is 13.6. The summed E-state index contributed by atoms with van der Waals surface area (Å²) >= 11 is 5.85. The SMILES string of the molecule is Fc1ccc(Cl)cc1-c1ccc(NC2CC2)nn1. The Balaban J connectivity index is 1.88. The molecule has 0 bridgehead atoms. The lowest BCUT2D eigenvalue weighted by molar-refractivity contribution is 0.630. The van der Waals surface area contributed by atoms with Gasteiger partial charge in [-0.3, -0.25) is 0 Å². The maximum Gasteiger partial charge on any atom is 0.148 e. The van der Waals surface area contributed by atoms with Gasteiger partial charge >= 0.3 is 0 Å². The predicted octanol–water partition coefficient (Wildman–Crippen LogP) is 3.51. The Morgan fingerprint density at radius 3 is 2.67 bits per heavy atom. The maximum absolute atomic E-state index is 13.6. The van der Waals surface area contributed by atoms with E-state index < -0.39 is 0 Å². The number of halogens is 2. The Morgan fingerprint density at radius 2 is 2.00 bits per heavy atom. The number of nitrogens with zero attached hydrogens (tertiary/aromatic N) is 2. The molecular formula is C13H11ClFN3. The molecule has 0 amide bonds. The van der Waals surface area contributed by atoms with Crippen LogP contribution in [0.4, 0.5) is 10.2 Å². The highest BCUT2D eigenvalue weighted by atomic mass is 35.5. The van der Waals surface area contributed by atoms with Gasteiger partial charge in [0.1, 0.15) is 11.6 Å². The lowest BCUT2D eigenvalue weighted by Gasteiger charge is -2.05. The van der Waals surface area contributed by atoms with E-state index in [1.165, 1.54) is 25.0 Å². The van der Waals surface area contributed by atoms with Crippen molar-refractivity contribution in [1.29, 1.82) is 0 Å². The summed E-state index contributed by atoms with van der Waals surface area (Å²) in [4.78, 5) is 0. The first kappa shape index (κ1) is 11.4. The van der Waals surface area contributed by atoms with Gasteiger partial charge in [-0.05, 0) is 43.2 Å². The zero-order chi connectivity index (χ0) is 12.5. The van der Waals surface area contributed by atoms with Gasteiger partial charge in [0, 0.05) is 16.6 Å². The van der Waals surface area contributed by atoms with Crippen molar-refractivity contribution in [3.05, 3.63) is 41.2 Å². The molecule has 92 valence electrons. The molecule has 1 heterocycles. The van der Waals surface area contributed by atoms with Crippen molar-refractivity contribution in [2.24, 2.45) is 0 Å². The summed E-state index contributed by atoms with van der Waals surface area (Å²) in [6.07, 6.45) is 2.35. The highest BCUT2D eigenvalue weighted by molar-refractivity contribution is 6.30. The Labute approximate surface area is 109 Å². The molecule has 0 atom stereocenters. The van der Waals surface area contributed by atoms with Crippen molar-refractivity contribution < 1.29 is 4.39 Å². The van der Waals surface area contributed by atoms with Crippen molar-refractivity contribution in [1.82, 2.24) is 10.2 Å². The lowest BCUT2D eigenvalue weighted by atomic mass is 10.1. The third kappa shape index (κ3) is 2.43. The van der Waals surface area contributed by atoms with Crippen LogP contribution in [0.2, 0.25) is 5.02 Å². The van der Waals surface area contributed by atoms with Crippen LogP contribution in [-0.2, 0) is 0 Å². The standard InChI is InChI=1S/C13H11ClFN3/c14-8-1-4-11(15)10(7-8)12-5-6-13(18-17-12)16-9-2-3-9/h1,4-7,9H,2-3H2,(H,16,18). The molecule has 1 fully saturated rings. The lowest BCUT2D eigenvalue weighted by Crippen LogP contribution is -2.04. The molecular weight excluding hydrogens is 253 g/mol. The predicted molar refractivity (Wildman–Crippen MR) is 69.1 cm³/mol. The topological polar surface area (TPSA) is 37.8 Å². The molecule has 5 heteroatoms. The zero-order valence-electron chi connectivity index (χ0n) is 9.53. The van der Waals surface area contributed by atoms with Crippen molar-refractivity contribution in [2.45, 2.75) is 18.9 Å². The summed E-state index contributed by atoms with van der Waals surface area (Å²) in [5, 5.41) is 11.8. The largest absolute Gasteiger partial charge is 0.366 e. The number of hydrogen-bond acceptors (Lipinski definition) is 3. The molecule has 0 saturated heterocycles. The van der Waals surface area contributed by atoms with Crippen LogP contribution in [-0.4, -0.2) is 16.2 Å². The fraction of sp³-hybridized carbons (Fsp3) is 0.231. The Morgan fingerprint density at radius 1 is 1.17 bits per heavy atom. The number of nitrogens with one attached hydrogen (secondary N) is 1. The van der Waals surface area contributed by atoms with E-state index in [0.29, 0.717) is 22.3 Å². The normalized spacial score (nSPS) is 14.6. The van der Waals surface area contributed by atoms with Crippen molar-refractivity contribution in [3.8, 4) is 11.3 Å². The molecule has 1 N–H and O–H groups in total. The highest BCUT2D eigenvalue weighted by Gasteiger charge is 2.21. The molecule has 0 unspecified atom stereocenters. The minimum Gasteiger partial charge on any atom is -0.366 e. The van der Waals surface area contributed by atoms with E-state index in [1.807, 2.05) is 0 Å². The second kappa shape index (κ2) is 4.53. The van der Waals surface area contributed by atoms with E-state index in [-0.39, 0.29) is 5.82 Å². The van der Waals surface area contributed by atoms with Crippen LogP contribution in [0.15, 0.2) is 30.3 Å². The molecule has 1 saturated carbocycles. The molecule has 18 heavy (non-hydrogen) atoms. The van der Waals surface area contributed by atoms with E-state index in [9.17, 15) is 4.39 Å². The van der Waals surface area contributed by atoms with Crippen LogP contribution < -0.4 is 5.32 Å². The van der Waals surface area contributed by atoms with Crippen LogP contribution in [0.5, 0.6) is 0 Å². The fourth-order valence-electron chi connectivity index (χ4n) is 1.68. The van der Waals surface area contributed by atoms with Gasteiger partial charge in [0.05, 0.1) is 5.69 Å².